The molecule has 3 aromatic rings. The minimum Gasteiger partial charge on any atom is -0.507 e. The van der Waals surface area contributed by atoms with E-state index in [1.54, 1.807) is 30.3 Å². The maximum absolute atomic E-state index is 13.4. The van der Waals surface area contributed by atoms with Crippen LogP contribution in [0.5, 0.6) is 11.5 Å². The van der Waals surface area contributed by atoms with E-state index in [9.17, 15) is 14.7 Å². The molecule has 1 saturated heterocycles. The summed E-state index contributed by atoms with van der Waals surface area (Å²) < 4.78 is 11.2. The molecule has 1 aliphatic rings. The van der Waals surface area contributed by atoms with Crippen LogP contribution in [0.3, 0.4) is 0 Å². The fourth-order valence-corrected chi connectivity index (χ4v) is 4.33. The van der Waals surface area contributed by atoms with Crippen molar-refractivity contribution in [2.75, 3.05) is 18.6 Å². The first-order valence-electron chi connectivity index (χ1n) is 11.6. The number of methoxy groups -OCH3 is 1. The second-order valence-electron chi connectivity index (χ2n) is 8.57. The summed E-state index contributed by atoms with van der Waals surface area (Å²) in [5.74, 6) is -0.497. The number of ether oxygens (including phenoxy) is 2. The minimum atomic E-state index is -0.859. The van der Waals surface area contributed by atoms with Crippen LogP contribution in [0.2, 0.25) is 0 Å². The lowest BCUT2D eigenvalue weighted by molar-refractivity contribution is -0.132. The van der Waals surface area contributed by atoms with Gasteiger partial charge in [-0.3, -0.25) is 14.5 Å². The number of Topliss-reactive ketones (excluding diaryl/α,β-unsaturated/α-hetero) is 1. The van der Waals surface area contributed by atoms with E-state index in [-0.39, 0.29) is 11.3 Å². The van der Waals surface area contributed by atoms with Gasteiger partial charge in [-0.05, 0) is 67.8 Å². The van der Waals surface area contributed by atoms with E-state index in [2.05, 4.69) is 0 Å². The van der Waals surface area contributed by atoms with Crippen molar-refractivity contribution in [2.45, 2.75) is 33.2 Å². The molecule has 180 valence electrons. The molecule has 1 heterocycles. The highest BCUT2D eigenvalue weighted by Gasteiger charge is 2.48. The Morgan fingerprint density at radius 3 is 2.40 bits per heavy atom. The number of hydrogen-bond acceptors (Lipinski definition) is 5. The van der Waals surface area contributed by atoms with Crippen LogP contribution in [0.4, 0.5) is 5.69 Å². The number of para-hydroxylation sites is 1. The standard InChI is InChI=1S/C29H29NO5/c1-5-16-35-21-14-12-20(13-15-21)27(31)25-26(22-8-6-7-9-24(22)34-4)30(29(33)28(25)32)23-17-18(2)10-11-19(23)3/h6-15,17,26,31H,5,16H2,1-4H3/b27-25+. The van der Waals surface area contributed by atoms with Gasteiger partial charge in [0.25, 0.3) is 11.7 Å². The summed E-state index contributed by atoms with van der Waals surface area (Å²) in [6.45, 7) is 6.43. The minimum absolute atomic E-state index is 0.0163. The number of rotatable bonds is 7. The Bertz CT molecular complexity index is 1290. The number of carbonyl (C=O) groups is 2. The second-order valence-corrected chi connectivity index (χ2v) is 8.57. The average Bonchev–Trinajstić information content (AvgIpc) is 3.14. The molecule has 1 atom stereocenters. The molecule has 0 radical (unpaired) electrons. The number of anilines is 1. The van der Waals surface area contributed by atoms with Crippen molar-refractivity contribution in [2.24, 2.45) is 0 Å². The Labute approximate surface area is 205 Å². The number of amides is 1. The molecule has 6 heteroatoms. The van der Waals surface area contributed by atoms with Gasteiger partial charge in [0.05, 0.1) is 25.3 Å². The second kappa shape index (κ2) is 10.1. The van der Waals surface area contributed by atoms with Crippen molar-refractivity contribution in [3.8, 4) is 11.5 Å². The van der Waals surface area contributed by atoms with E-state index in [4.69, 9.17) is 9.47 Å². The molecule has 0 aliphatic carbocycles. The van der Waals surface area contributed by atoms with Gasteiger partial charge in [-0.1, -0.05) is 37.3 Å². The Morgan fingerprint density at radius 2 is 1.71 bits per heavy atom. The van der Waals surface area contributed by atoms with Gasteiger partial charge in [-0.2, -0.15) is 0 Å². The van der Waals surface area contributed by atoms with Gasteiger partial charge < -0.3 is 14.6 Å². The summed E-state index contributed by atoms with van der Waals surface area (Å²) in [7, 11) is 1.54. The van der Waals surface area contributed by atoms with Crippen molar-refractivity contribution in [3.63, 3.8) is 0 Å². The van der Waals surface area contributed by atoms with Crippen molar-refractivity contribution in [1.29, 1.82) is 0 Å². The highest BCUT2D eigenvalue weighted by atomic mass is 16.5. The molecule has 1 amide bonds. The molecule has 6 nitrogen and oxygen atoms in total. The first kappa shape index (κ1) is 24.1. The van der Waals surface area contributed by atoms with E-state index in [1.165, 1.54) is 12.0 Å². The van der Waals surface area contributed by atoms with Gasteiger partial charge >= 0.3 is 0 Å². The number of ketones is 1. The van der Waals surface area contributed by atoms with Crippen molar-refractivity contribution >= 4 is 23.1 Å². The molecule has 3 aromatic carbocycles. The van der Waals surface area contributed by atoms with E-state index in [0.29, 0.717) is 34.9 Å². The van der Waals surface area contributed by atoms with E-state index in [0.717, 1.165) is 17.5 Å². The zero-order valence-electron chi connectivity index (χ0n) is 20.4. The third kappa shape index (κ3) is 4.52. The Kier molecular flexibility index (Phi) is 6.92. The zero-order chi connectivity index (χ0) is 25.1. The quantitative estimate of drug-likeness (QED) is 0.271. The number of aryl methyl sites for hydroxylation is 2. The Balaban J connectivity index is 1.92. The molecule has 0 spiro atoms. The number of benzene rings is 3. The average molecular weight is 472 g/mol. The zero-order valence-corrected chi connectivity index (χ0v) is 20.4. The maximum Gasteiger partial charge on any atom is 0.300 e. The predicted molar refractivity (Wildman–Crippen MR) is 136 cm³/mol. The van der Waals surface area contributed by atoms with Gasteiger partial charge in [0.2, 0.25) is 0 Å². The van der Waals surface area contributed by atoms with Crippen molar-refractivity contribution in [1.82, 2.24) is 0 Å². The number of hydrogen-bond donors (Lipinski definition) is 1. The van der Waals surface area contributed by atoms with Crippen LogP contribution in [0.1, 0.15) is 41.6 Å². The summed E-state index contributed by atoms with van der Waals surface area (Å²) in [6.07, 6.45) is 0.877. The molecule has 1 fully saturated rings. The predicted octanol–water partition coefficient (Wildman–Crippen LogP) is 5.73. The monoisotopic (exact) mass is 471 g/mol. The Hall–Kier alpha value is -4.06. The molecular weight excluding hydrogens is 442 g/mol. The highest BCUT2D eigenvalue weighted by Crippen LogP contribution is 2.45. The van der Waals surface area contributed by atoms with E-state index < -0.39 is 17.7 Å². The van der Waals surface area contributed by atoms with Gasteiger partial charge in [0, 0.05) is 16.8 Å². The van der Waals surface area contributed by atoms with Crippen LogP contribution >= 0.6 is 0 Å². The summed E-state index contributed by atoms with van der Waals surface area (Å²) in [5.41, 5.74) is 3.46. The number of aliphatic hydroxyl groups excluding tert-OH is 1. The SMILES string of the molecule is CCCOc1ccc(/C(O)=C2\C(=O)C(=O)N(c3cc(C)ccc3C)C2c2ccccc2OC)cc1. The lowest BCUT2D eigenvalue weighted by Crippen LogP contribution is -2.30. The Morgan fingerprint density at radius 1 is 1.00 bits per heavy atom. The molecule has 35 heavy (non-hydrogen) atoms. The molecule has 0 saturated carbocycles. The van der Waals surface area contributed by atoms with Crippen LogP contribution in [0.25, 0.3) is 5.76 Å². The van der Waals surface area contributed by atoms with Gasteiger partial charge in [-0.25, -0.2) is 0 Å². The summed E-state index contributed by atoms with van der Waals surface area (Å²) >= 11 is 0. The lowest BCUT2D eigenvalue weighted by Gasteiger charge is -2.28. The molecule has 1 aliphatic heterocycles. The number of nitrogens with zero attached hydrogens (tertiary/aromatic N) is 1. The third-order valence-corrected chi connectivity index (χ3v) is 6.10. The molecule has 1 unspecified atom stereocenters. The van der Waals surface area contributed by atoms with Crippen molar-refractivity contribution < 1.29 is 24.2 Å². The number of aliphatic hydroxyl groups is 1. The largest absolute Gasteiger partial charge is 0.507 e. The van der Waals surface area contributed by atoms with Crippen LogP contribution in [-0.2, 0) is 9.59 Å². The van der Waals surface area contributed by atoms with Gasteiger partial charge in [-0.15, -0.1) is 0 Å². The van der Waals surface area contributed by atoms with Crippen LogP contribution in [0.15, 0.2) is 72.3 Å². The van der Waals surface area contributed by atoms with E-state index >= 15 is 0 Å². The van der Waals surface area contributed by atoms with Gasteiger partial charge in [0.15, 0.2) is 0 Å². The van der Waals surface area contributed by atoms with Crippen molar-refractivity contribution in [3.05, 3.63) is 94.6 Å². The molecule has 1 N–H and O–H groups in total. The summed E-state index contributed by atoms with van der Waals surface area (Å²) in [6, 6.07) is 19.0. The fourth-order valence-electron chi connectivity index (χ4n) is 4.33. The topological polar surface area (TPSA) is 76.1 Å². The highest BCUT2D eigenvalue weighted by molar-refractivity contribution is 6.51. The number of carbonyl (C=O) groups excluding carboxylic acids is 2. The van der Waals surface area contributed by atoms with E-state index in [1.807, 2.05) is 57.2 Å². The third-order valence-electron chi connectivity index (χ3n) is 6.10. The van der Waals surface area contributed by atoms with Crippen LogP contribution in [-0.4, -0.2) is 30.5 Å². The first-order chi connectivity index (χ1) is 16.9. The fraction of sp³-hybridized carbons (Fsp3) is 0.241. The summed E-state index contributed by atoms with van der Waals surface area (Å²) in [5, 5.41) is 11.4. The molecule has 0 aromatic heterocycles. The smallest absolute Gasteiger partial charge is 0.300 e. The van der Waals surface area contributed by atoms with Crippen LogP contribution < -0.4 is 14.4 Å². The maximum atomic E-state index is 13.4. The normalized spacial score (nSPS) is 17.0. The molecule has 4 rings (SSSR count). The van der Waals surface area contributed by atoms with Gasteiger partial charge in [0.1, 0.15) is 17.3 Å². The molecular formula is C29H29NO5. The summed E-state index contributed by atoms with van der Waals surface area (Å²) in [4.78, 5) is 28.3. The molecule has 0 bridgehead atoms. The first-order valence-corrected chi connectivity index (χ1v) is 11.6. The van der Waals surface area contributed by atoms with Crippen LogP contribution in [0, 0.1) is 13.8 Å². The lowest BCUT2D eigenvalue weighted by atomic mass is 9.94.